The molecule has 3 aromatic carbocycles. The lowest BCUT2D eigenvalue weighted by Gasteiger charge is -2.27. The van der Waals surface area contributed by atoms with Gasteiger partial charge in [0.05, 0.1) is 5.69 Å². The second-order valence-corrected chi connectivity index (χ2v) is 7.56. The summed E-state index contributed by atoms with van der Waals surface area (Å²) in [5.74, 6) is 0.797. The number of nitrogens with one attached hydrogen (secondary N) is 1. The molecule has 0 spiro atoms. The Morgan fingerprint density at radius 1 is 0.844 bits per heavy atom. The van der Waals surface area contributed by atoms with Gasteiger partial charge in [-0.25, -0.2) is 5.01 Å². The van der Waals surface area contributed by atoms with Gasteiger partial charge in [0.1, 0.15) is 5.82 Å². The molecule has 1 heterocycles. The fraction of sp³-hybridized carbons (Fsp3) is 0.111. The van der Waals surface area contributed by atoms with E-state index in [9.17, 15) is 5.26 Å². The Labute approximate surface area is 188 Å². The zero-order chi connectivity index (χ0) is 22.5. The number of hydrogen-bond acceptors (Lipinski definition) is 4. The molecule has 4 aromatic rings. The minimum absolute atomic E-state index is 0.609. The van der Waals surface area contributed by atoms with Crippen LogP contribution in [0.15, 0.2) is 91.0 Å². The van der Waals surface area contributed by atoms with Gasteiger partial charge in [0.25, 0.3) is 0 Å². The van der Waals surface area contributed by atoms with Crippen LogP contribution in [0.1, 0.15) is 11.1 Å². The maximum atomic E-state index is 9.59. The molecule has 0 aliphatic rings. The number of benzene rings is 3. The standard InChI is InChI=1S/C27H25N5/c1-30(20-29)31(2)27-24(18-28)25(22-14-8-4-9-15-22)26(23-16-10-5-11-17-23)32(27)19-21-12-6-3-7-13-21/h3-18,28H,19H2,1-2H3. The Bertz CT molecular complexity index is 1240. The predicted molar refractivity (Wildman–Crippen MR) is 131 cm³/mol. The van der Waals surface area contributed by atoms with Crippen LogP contribution < -0.4 is 5.01 Å². The molecule has 0 unspecified atom stereocenters. The normalized spacial score (nSPS) is 10.4. The fourth-order valence-corrected chi connectivity index (χ4v) is 4.03. The van der Waals surface area contributed by atoms with Crippen molar-refractivity contribution < 1.29 is 0 Å². The molecule has 0 fully saturated rings. The molecule has 0 saturated heterocycles. The third-order valence-electron chi connectivity index (χ3n) is 5.61. The molecular formula is C27H25N5. The summed E-state index contributed by atoms with van der Waals surface area (Å²) in [6.45, 7) is 0.609. The van der Waals surface area contributed by atoms with Crippen molar-refractivity contribution in [2.24, 2.45) is 0 Å². The summed E-state index contributed by atoms with van der Waals surface area (Å²) in [5, 5.41) is 21.2. The molecule has 0 amide bonds. The first-order valence-corrected chi connectivity index (χ1v) is 10.4. The number of hydrogen-bond donors (Lipinski definition) is 1. The van der Waals surface area contributed by atoms with E-state index in [1.165, 1.54) is 11.2 Å². The predicted octanol–water partition coefficient (Wildman–Crippen LogP) is 5.63. The molecule has 0 aliphatic heterocycles. The Kier molecular flexibility index (Phi) is 6.05. The summed E-state index contributed by atoms with van der Waals surface area (Å²) in [5.41, 5.74) is 6.01. The highest BCUT2D eigenvalue weighted by molar-refractivity contribution is 6.02. The first-order valence-electron chi connectivity index (χ1n) is 10.4. The van der Waals surface area contributed by atoms with Crippen LogP contribution >= 0.6 is 0 Å². The SMILES string of the molecule is CN(C#N)N(C)c1c(C=N)c(-c2ccccc2)c(-c2ccccc2)n1Cc1ccccc1. The van der Waals surface area contributed by atoms with E-state index in [1.54, 1.807) is 7.05 Å². The zero-order valence-corrected chi connectivity index (χ0v) is 18.2. The Hall–Kier alpha value is -4.30. The van der Waals surface area contributed by atoms with E-state index in [1.807, 2.05) is 66.7 Å². The molecule has 5 heteroatoms. The molecule has 0 aliphatic carbocycles. The van der Waals surface area contributed by atoms with Gasteiger partial charge >= 0.3 is 0 Å². The van der Waals surface area contributed by atoms with Gasteiger partial charge in [0.2, 0.25) is 0 Å². The first kappa shape index (κ1) is 21.0. The molecule has 0 radical (unpaired) electrons. The number of aromatic nitrogens is 1. The third kappa shape index (κ3) is 3.86. The van der Waals surface area contributed by atoms with Crippen LogP contribution in [0, 0.1) is 16.9 Å². The minimum atomic E-state index is 0.609. The Morgan fingerprint density at radius 3 is 1.91 bits per heavy atom. The van der Waals surface area contributed by atoms with E-state index >= 15 is 0 Å². The van der Waals surface area contributed by atoms with Crippen LogP contribution in [0.3, 0.4) is 0 Å². The largest absolute Gasteiger partial charge is 0.320 e. The van der Waals surface area contributed by atoms with E-state index < -0.39 is 0 Å². The highest BCUT2D eigenvalue weighted by Gasteiger charge is 2.27. The summed E-state index contributed by atoms with van der Waals surface area (Å²) < 4.78 is 2.21. The summed E-state index contributed by atoms with van der Waals surface area (Å²) in [7, 11) is 3.58. The molecule has 158 valence electrons. The number of rotatable bonds is 7. The topological polar surface area (TPSA) is 59.1 Å². The Balaban J connectivity index is 2.10. The van der Waals surface area contributed by atoms with E-state index in [4.69, 9.17) is 5.41 Å². The van der Waals surface area contributed by atoms with E-state index in [0.717, 1.165) is 39.3 Å². The van der Waals surface area contributed by atoms with Crippen molar-refractivity contribution >= 4 is 12.0 Å². The Morgan fingerprint density at radius 2 is 1.38 bits per heavy atom. The highest BCUT2D eigenvalue weighted by atomic mass is 15.6. The van der Waals surface area contributed by atoms with Crippen molar-refractivity contribution in [1.29, 1.82) is 10.7 Å². The lowest BCUT2D eigenvalue weighted by molar-refractivity contribution is 0.450. The van der Waals surface area contributed by atoms with Crippen LogP contribution in [-0.4, -0.2) is 29.9 Å². The van der Waals surface area contributed by atoms with Crippen molar-refractivity contribution in [3.8, 4) is 28.6 Å². The quantitative estimate of drug-likeness (QED) is 0.183. The highest BCUT2D eigenvalue weighted by Crippen LogP contribution is 2.42. The lowest BCUT2D eigenvalue weighted by Crippen LogP contribution is -2.35. The number of anilines is 1. The van der Waals surface area contributed by atoms with Crippen LogP contribution in [0.4, 0.5) is 5.82 Å². The van der Waals surface area contributed by atoms with Crippen molar-refractivity contribution in [1.82, 2.24) is 9.58 Å². The van der Waals surface area contributed by atoms with Crippen molar-refractivity contribution in [2.75, 3.05) is 19.1 Å². The molecule has 0 saturated carbocycles. The number of hydrazine groups is 1. The number of nitrogens with zero attached hydrogens (tertiary/aromatic N) is 4. The van der Waals surface area contributed by atoms with Crippen molar-refractivity contribution in [3.05, 3.63) is 102 Å². The van der Waals surface area contributed by atoms with Crippen molar-refractivity contribution in [2.45, 2.75) is 6.54 Å². The summed E-state index contributed by atoms with van der Waals surface area (Å²) in [6.07, 6.45) is 3.58. The maximum Gasteiger partial charge on any atom is 0.199 e. The van der Waals surface area contributed by atoms with E-state index in [0.29, 0.717) is 6.54 Å². The average Bonchev–Trinajstić information content (AvgIpc) is 3.18. The summed E-state index contributed by atoms with van der Waals surface area (Å²) in [6, 6.07) is 30.7. The van der Waals surface area contributed by atoms with Crippen LogP contribution in [0.25, 0.3) is 22.4 Å². The monoisotopic (exact) mass is 419 g/mol. The van der Waals surface area contributed by atoms with Gasteiger partial charge in [-0.1, -0.05) is 91.0 Å². The lowest BCUT2D eigenvalue weighted by atomic mass is 9.98. The van der Waals surface area contributed by atoms with Crippen LogP contribution in [-0.2, 0) is 6.54 Å². The second-order valence-electron chi connectivity index (χ2n) is 7.56. The number of nitriles is 1. The zero-order valence-electron chi connectivity index (χ0n) is 18.2. The third-order valence-corrected chi connectivity index (χ3v) is 5.61. The van der Waals surface area contributed by atoms with E-state index in [2.05, 4.69) is 47.2 Å². The smallest absolute Gasteiger partial charge is 0.199 e. The van der Waals surface area contributed by atoms with Crippen LogP contribution in [0.2, 0.25) is 0 Å². The molecule has 5 nitrogen and oxygen atoms in total. The van der Waals surface area contributed by atoms with E-state index in [-0.39, 0.29) is 0 Å². The molecule has 4 rings (SSSR count). The molecule has 1 aromatic heterocycles. The first-order chi connectivity index (χ1) is 15.7. The fourth-order valence-electron chi connectivity index (χ4n) is 4.03. The molecular weight excluding hydrogens is 394 g/mol. The molecule has 0 atom stereocenters. The summed E-state index contributed by atoms with van der Waals surface area (Å²) >= 11 is 0. The van der Waals surface area contributed by atoms with Gasteiger partial charge < -0.3 is 9.98 Å². The van der Waals surface area contributed by atoms with Gasteiger partial charge in [0, 0.05) is 38.0 Å². The van der Waals surface area contributed by atoms with Gasteiger partial charge in [-0.15, -0.1) is 0 Å². The van der Waals surface area contributed by atoms with Gasteiger partial charge in [-0.3, -0.25) is 5.01 Å². The van der Waals surface area contributed by atoms with Crippen LogP contribution in [0.5, 0.6) is 0 Å². The van der Waals surface area contributed by atoms with Crippen molar-refractivity contribution in [3.63, 3.8) is 0 Å². The average molecular weight is 420 g/mol. The molecule has 1 N–H and O–H groups in total. The summed E-state index contributed by atoms with van der Waals surface area (Å²) in [4.78, 5) is 0. The van der Waals surface area contributed by atoms with Gasteiger partial charge in [-0.2, -0.15) is 5.26 Å². The minimum Gasteiger partial charge on any atom is -0.320 e. The van der Waals surface area contributed by atoms with Gasteiger partial charge in [-0.05, 0) is 16.7 Å². The second kappa shape index (κ2) is 9.23. The molecule has 32 heavy (non-hydrogen) atoms. The molecule has 0 bridgehead atoms. The van der Waals surface area contributed by atoms with Gasteiger partial charge in [0.15, 0.2) is 6.19 Å². The maximum absolute atomic E-state index is 9.59.